The molecule has 2 aromatic carbocycles. The molecule has 1 aliphatic rings. The zero-order valence-electron chi connectivity index (χ0n) is 18.0. The van der Waals surface area contributed by atoms with Crippen LogP contribution in [0.25, 0.3) is 0 Å². The van der Waals surface area contributed by atoms with Crippen molar-refractivity contribution in [3.05, 3.63) is 54.1 Å². The maximum absolute atomic E-state index is 12.0. The van der Waals surface area contributed by atoms with Gasteiger partial charge in [-0.3, -0.25) is 0 Å². The molecule has 3 rings (SSSR count). The molecular weight excluding hydrogens is 378 g/mol. The number of anilines is 1. The summed E-state index contributed by atoms with van der Waals surface area (Å²) >= 11 is 0. The number of amides is 2. The molecule has 6 heteroatoms. The van der Waals surface area contributed by atoms with Gasteiger partial charge in [-0.2, -0.15) is 0 Å². The minimum Gasteiger partial charge on any atom is -0.497 e. The Kier molecular flexibility index (Phi) is 8.39. The van der Waals surface area contributed by atoms with Gasteiger partial charge in [0.2, 0.25) is 0 Å². The summed E-state index contributed by atoms with van der Waals surface area (Å²) in [6.45, 7) is 3.92. The predicted octanol–water partition coefficient (Wildman–Crippen LogP) is 4.17. The lowest BCUT2D eigenvalue weighted by molar-refractivity contribution is 0.181. The van der Waals surface area contributed by atoms with E-state index in [4.69, 9.17) is 9.47 Å². The molecule has 0 aliphatic carbocycles. The van der Waals surface area contributed by atoms with E-state index in [0.717, 1.165) is 49.7 Å². The summed E-state index contributed by atoms with van der Waals surface area (Å²) in [7, 11) is 3.35. The number of hydrogen-bond donors (Lipinski definition) is 2. The molecule has 2 amide bonds. The number of carbonyl (C=O) groups excluding carboxylic acids is 1. The van der Waals surface area contributed by atoms with Crippen molar-refractivity contribution in [3.63, 3.8) is 0 Å². The summed E-state index contributed by atoms with van der Waals surface area (Å²) in [6, 6.07) is 15.5. The maximum atomic E-state index is 12.0. The van der Waals surface area contributed by atoms with Crippen LogP contribution in [0.2, 0.25) is 0 Å². The van der Waals surface area contributed by atoms with Crippen molar-refractivity contribution >= 4 is 11.7 Å². The molecule has 1 aliphatic heterocycles. The highest BCUT2D eigenvalue weighted by molar-refractivity contribution is 5.89. The molecule has 0 atom stereocenters. The van der Waals surface area contributed by atoms with E-state index in [1.165, 1.54) is 18.4 Å². The highest BCUT2D eigenvalue weighted by atomic mass is 16.5. The first-order chi connectivity index (χ1) is 14.7. The molecular formula is C24H33N3O3. The van der Waals surface area contributed by atoms with E-state index in [1.807, 2.05) is 30.3 Å². The summed E-state index contributed by atoms with van der Waals surface area (Å²) < 4.78 is 10.7. The van der Waals surface area contributed by atoms with Crippen LogP contribution >= 0.6 is 0 Å². The van der Waals surface area contributed by atoms with E-state index < -0.39 is 0 Å². The largest absolute Gasteiger partial charge is 0.497 e. The number of ether oxygens (including phenoxy) is 2. The van der Waals surface area contributed by atoms with Gasteiger partial charge in [0.1, 0.15) is 11.5 Å². The maximum Gasteiger partial charge on any atom is 0.319 e. The van der Waals surface area contributed by atoms with Gasteiger partial charge >= 0.3 is 6.03 Å². The smallest absolute Gasteiger partial charge is 0.319 e. The highest BCUT2D eigenvalue weighted by Gasteiger charge is 2.20. The van der Waals surface area contributed by atoms with Gasteiger partial charge in [-0.05, 0) is 75.0 Å². The summed E-state index contributed by atoms with van der Waals surface area (Å²) in [4.78, 5) is 14.5. The van der Waals surface area contributed by atoms with Gasteiger partial charge in [0, 0.05) is 18.3 Å². The van der Waals surface area contributed by atoms with Crippen molar-refractivity contribution in [3.8, 4) is 11.5 Å². The molecule has 1 fully saturated rings. The van der Waals surface area contributed by atoms with Crippen LogP contribution in [-0.4, -0.2) is 51.3 Å². The van der Waals surface area contributed by atoms with Crippen LogP contribution in [0.1, 0.15) is 24.8 Å². The molecule has 2 N–H and O–H groups in total. The van der Waals surface area contributed by atoms with E-state index in [2.05, 4.69) is 27.7 Å². The van der Waals surface area contributed by atoms with Crippen molar-refractivity contribution < 1.29 is 14.3 Å². The Labute approximate surface area is 179 Å². The first-order valence-electron chi connectivity index (χ1n) is 10.7. The molecule has 0 spiro atoms. The summed E-state index contributed by atoms with van der Waals surface area (Å²) in [5.74, 6) is 2.43. The van der Waals surface area contributed by atoms with Crippen LogP contribution < -0.4 is 20.1 Å². The molecule has 0 aromatic heterocycles. The van der Waals surface area contributed by atoms with Gasteiger partial charge in [-0.15, -0.1) is 0 Å². The molecule has 1 saturated heterocycles. The average molecular weight is 412 g/mol. The lowest BCUT2D eigenvalue weighted by atomic mass is 9.90. The van der Waals surface area contributed by atoms with E-state index in [0.29, 0.717) is 12.5 Å². The second kappa shape index (κ2) is 11.5. The molecule has 1 heterocycles. The Morgan fingerprint density at radius 1 is 1.07 bits per heavy atom. The van der Waals surface area contributed by atoms with E-state index >= 15 is 0 Å². The van der Waals surface area contributed by atoms with Crippen LogP contribution in [0.5, 0.6) is 11.5 Å². The van der Waals surface area contributed by atoms with Crippen molar-refractivity contribution in [2.75, 3.05) is 45.7 Å². The molecule has 162 valence electrons. The van der Waals surface area contributed by atoms with Gasteiger partial charge in [-0.25, -0.2) is 4.79 Å². The van der Waals surface area contributed by atoms with E-state index in [9.17, 15) is 4.79 Å². The quantitative estimate of drug-likeness (QED) is 0.608. The minimum atomic E-state index is -0.182. The molecule has 6 nitrogen and oxygen atoms in total. The van der Waals surface area contributed by atoms with Crippen molar-refractivity contribution in [2.24, 2.45) is 5.92 Å². The van der Waals surface area contributed by atoms with Crippen molar-refractivity contribution in [1.82, 2.24) is 10.2 Å². The van der Waals surface area contributed by atoms with Gasteiger partial charge in [-0.1, -0.05) is 24.3 Å². The third kappa shape index (κ3) is 6.66. The zero-order chi connectivity index (χ0) is 21.2. The number of hydrogen-bond acceptors (Lipinski definition) is 4. The summed E-state index contributed by atoms with van der Waals surface area (Å²) in [5, 5.41) is 5.77. The van der Waals surface area contributed by atoms with E-state index in [1.54, 1.807) is 20.3 Å². The Morgan fingerprint density at radius 2 is 1.87 bits per heavy atom. The topological polar surface area (TPSA) is 62.8 Å². The third-order valence-corrected chi connectivity index (χ3v) is 5.67. The van der Waals surface area contributed by atoms with Gasteiger partial charge < -0.3 is 25.0 Å². The molecule has 30 heavy (non-hydrogen) atoms. The number of piperidine rings is 1. The van der Waals surface area contributed by atoms with Crippen LogP contribution in [0, 0.1) is 5.92 Å². The number of likely N-dealkylation sites (tertiary alicyclic amines) is 1. The SMILES string of the molecule is COc1cccc(NC(=O)NCCCN2CCC(Cc3ccccc3OC)CC2)c1. The molecule has 0 saturated carbocycles. The Hall–Kier alpha value is -2.73. The second-order valence-corrected chi connectivity index (χ2v) is 7.77. The first kappa shape index (κ1) is 22.0. The third-order valence-electron chi connectivity index (χ3n) is 5.67. The Balaban J connectivity index is 1.30. The Morgan fingerprint density at radius 3 is 2.63 bits per heavy atom. The Bertz CT molecular complexity index is 804. The average Bonchev–Trinajstić information content (AvgIpc) is 2.78. The first-order valence-corrected chi connectivity index (χ1v) is 10.7. The van der Waals surface area contributed by atoms with Gasteiger partial charge in [0.05, 0.1) is 14.2 Å². The number of methoxy groups -OCH3 is 2. The molecule has 0 radical (unpaired) electrons. The second-order valence-electron chi connectivity index (χ2n) is 7.77. The number of urea groups is 1. The number of carbonyl (C=O) groups is 1. The van der Waals surface area contributed by atoms with Crippen molar-refractivity contribution in [2.45, 2.75) is 25.7 Å². The van der Waals surface area contributed by atoms with Crippen molar-refractivity contribution in [1.29, 1.82) is 0 Å². The highest BCUT2D eigenvalue weighted by Crippen LogP contribution is 2.26. The lowest BCUT2D eigenvalue weighted by Crippen LogP contribution is -2.37. The number of para-hydroxylation sites is 1. The fraction of sp³-hybridized carbons (Fsp3) is 0.458. The summed E-state index contributed by atoms with van der Waals surface area (Å²) in [6.07, 6.45) is 4.45. The normalized spacial score (nSPS) is 14.9. The molecule has 2 aromatic rings. The number of nitrogens with one attached hydrogen (secondary N) is 2. The lowest BCUT2D eigenvalue weighted by Gasteiger charge is -2.32. The van der Waals surface area contributed by atoms with Crippen LogP contribution in [0.4, 0.5) is 10.5 Å². The minimum absolute atomic E-state index is 0.182. The van der Waals surface area contributed by atoms with Gasteiger partial charge in [0.15, 0.2) is 0 Å². The number of nitrogens with zero attached hydrogens (tertiary/aromatic N) is 1. The number of rotatable bonds is 9. The molecule has 0 bridgehead atoms. The molecule has 0 unspecified atom stereocenters. The fourth-order valence-electron chi connectivity index (χ4n) is 3.98. The standard InChI is InChI=1S/C24H33N3O3/c1-29-22-9-5-8-21(18-22)26-24(28)25-13-6-14-27-15-11-19(12-16-27)17-20-7-3-4-10-23(20)30-2/h3-5,7-10,18-19H,6,11-17H2,1-2H3,(H2,25,26,28). The number of benzene rings is 2. The van der Waals surface area contributed by atoms with Crippen LogP contribution in [0.3, 0.4) is 0 Å². The van der Waals surface area contributed by atoms with Crippen LogP contribution in [0.15, 0.2) is 48.5 Å². The van der Waals surface area contributed by atoms with E-state index in [-0.39, 0.29) is 6.03 Å². The fourth-order valence-corrected chi connectivity index (χ4v) is 3.98. The predicted molar refractivity (Wildman–Crippen MR) is 120 cm³/mol. The van der Waals surface area contributed by atoms with Crippen LogP contribution in [-0.2, 0) is 6.42 Å². The van der Waals surface area contributed by atoms with Gasteiger partial charge in [0.25, 0.3) is 0 Å². The monoisotopic (exact) mass is 411 g/mol. The zero-order valence-corrected chi connectivity index (χ0v) is 18.0. The summed E-state index contributed by atoms with van der Waals surface area (Å²) in [5.41, 5.74) is 2.04.